The molecule has 0 spiro atoms. The van der Waals surface area contributed by atoms with Crippen LogP contribution in [0.25, 0.3) is 10.8 Å². The molecule has 1 aromatic heterocycles. The lowest BCUT2D eigenvalue weighted by Crippen LogP contribution is -2.45. The monoisotopic (exact) mass is 717 g/mol. The van der Waals surface area contributed by atoms with Crippen molar-refractivity contribution < 1.29 is 28.6 Å². The third-order valence-corrected chi connectivity index (χ3v) is 10.9. The van der Waals surface area contributed by atoms with Gasteiger partial charge in [-0.15, -0.1) is 5.06 Å². The number of hydrogen-bond donors (Lipinski definition) is 0. The summed E-state index contributed by atoms with van der Waals surface area (Å²) in [6.07, 6.45) is 4.27. The Labute approximate surface area is 302 Å². The summed E-state index contributed by atoms with van der Waals surface area (Å²) in [5.41, 5.74) is 2.82. The number of aromatic nitrogens is 2. The molecule has 1 aliphatic heterocycles. The maximum absolute atomic E-state index is 12.6. The fraction of sp³-hybridized carbons (Fsp3) is 0.462. The molecule has 0 bridgehead atoms. The first-order valence-corrected chi connectivity index (χ1v) is 22.1. The van der Waals surface area contributed by atoms with E-state index in [9.17, 15) is 4.79 Å². The van der Waals surface area contributed by atoms with Crippen molar-refractivity contribution >= 4 is 36.8 Å². The van der Waals surface area contributed by atoms with Crippen LogP contribution in [0.2, 0.25) is 25.7 Å². The van der Waals surface area contributed by atoms with Crippen molar-refractivity contribution in [2.75, 3.05) is 32.2 Å². The average molecular weight is 718 g/mol. The maximum Gasteiger partial charge on any atom is 0.528 e. The van der Waals surface area contributed by atoms with E-state index >= 15 is 0 Å². The van der Waals surface area contributed by atoms with Gasteiger partial charge in [-0.3, -0.25) is 0 Å². The lowest BCUT2D eigenvalue weighted by atomic mass is 9.87. The highest BCUT2D eigenvalue weighted by atomic mass is 32.2. The van der Waals surface area contributed by atoms with Crippen LogP contribution in [-0.2, 0) is 32.1 Å². The lowest BCUT2D eigenvalue weighted by Gasteiger charge is -2.37. The van der Waals surface area contributed by atoms with Crippen molar-refractivity contribution in [1.82, 2.24) is 15.0 Å². The van der Waals surface area contributed by atoms with Gasteiger partial charge in [-0.05, 0) is 79.9 Å². The normalized spacial score (nSPS) is 17.1. The van der Waals surface area contributed by atoms with E-state index in [-0.39, 0.29) is 18.8 Å². The number of carbonyl (C=O) groups is 1. The van der Waals surface area contributed by atoms with Gasteiger partial charge in [0.15, 0.2) is 11.9 Å². The van der Waals surface area contributed by atoms with Crippen LogP contribution in [0.3, 0.4) is 0 Å². The number of ether oxygens (including phenoxy) is 4. The van der Waals surface area contributed by atoms with Gasteiger partial charge in [0.05, 0.1) is 19.3 Å². The Morgan fingerprint density at radius 1 is 0.980 bits per heavy atom. The number of piperidine rings is 1. The summed E-state index contributed by atoms with van der Waals surface area (Å²) in [7, 11) is -1.18. The van der Waals surface area contributed by atoms with Gasteiger partial charge in [0, 0.05) is 50.7 Å². The summed E-state index contributed by atoms with van der Waals surface area (Å²) >= 11 is 1.66. The molecule has 3 aromatic carbocycles. The highest BCUT2D eigenvalue weighted by molar-refractivity contribution is 7.99. The third-order valence-electron chi connectivity index (χ3n) is 8.33. The van der Waals surface area contributed by atoms with E-state index in [0.29, 0.717) is 26.3 Å². The largest absolute Gasteiger partial charge is 0.528 e. The first kappa shape index (κ1) is 37.8. The molecule has 1 aliphatic rings. The van der Waals surface area contributed by atoms with Crippen LogP contribution in [0.5, 0.6) is 5.75 Å². The molecule has 2 heterocycles. The summed E-state index contributed by atoms with van der Waals surface area (Å²) in [5.74, 6) is 1.79. The predicted molar refractivity (Wildman–Crippen MR) is 201 cm³/mol. The average Bonchev–Trinajstić information content (AvgIpc) is 3.07. The molecule has 1 fully saturated rings. The SMILES string of the molecule is CC(C)(C)OC(=O)ON1CCC(c2ccc(CCSc3ncccn3)cc2)C(OCc2cc(OCOCC[Si](C)(C)C)c3ccccc3c2)C1. The first-order valence-electron chi connectivity index (χ1n) is 17.4. The minimum absolute atomic E-state index is 0.116. The van der Waals surface area contributed by atoms with Gasteiger partial charge >= 0.3 is 6.16 Å². The molecule has 1 saturated heterocycles. The van der Waals surface area contributed by atoms with Crippen LogP contribution in [0.15, 0.2) is 84.3 Å². The standard InChI is InChI=1S/C39H51N3O6SSi/c1-39(2,3)47-38(43)48-42-20-16-34(31-14-12-29(13-15-31)17-22-49-37-40-18-9-19-41-37)36(26-42)45-27-30-24-32-10-7-8-11-33(32)35(25-30)46-28-44-21-23-50(4,5)6/h7-15,18-19,24-25,34,36H,16-17,20-23,26-28H2,1-6H3. The summed E-state index contributed by atoms with van der Waals surface area (Å²) in [6.45, 7) is 14.8. The fourth-order valence-corrected chi connectivity index (χ4v) is 7.28. The molecule has 5 rings (SSSR count). The summed E-state index contributed by atoms with van der Waals surface area (Å²) in [4.78, 5) is 26.8. The topological polar surface area (TPSA) is 92.2 Å². The molecule has 0 radical (unpaired) electrons. The van der Waals surface area contributed by atoms with E-state index in [2.05, 4.69) is 72.1 Å². The molecule has 268 valence electrons. The van der Waals surface area contributed by atoms with E-state index in [1.54, 1.807) is 29.2 Å². The van der Waals surface area contributed by atoms with Crippen LogP contribution in [0.1, 0.15) is 49.8 Å². The number of rotatable bonds is 15. The van der Waals surface area contributed by atoms with Gasteiger partial charge in [0.1, 0.15) is 11.4 Å². The molecule has 2 atom stereocenters. The zero-order valence-electron chi connectivity index (χ0n) is 30.2. The van der Waals surface area contributed by atoms with Crippen LogP contribution < -0.4 is 4.74 Å². The molecular weight excluding hydrogens is 667 g/mol. The van der Waals surface area contributed by atoms with Crippen molar-refractivity contribution in [3.63, 3.8) is 0 Å². The number of thioether (sulfide) groups is 1. The lowest BCUT2D eigenvalue weighted by molar-refractivity contribution is -0.179. The third kappa shape index (κ3) is 12.1. The van der Waals surface area contributed by atoms with E-state index in [1.165, 1.54) is 11.1 Å². The molecule has 0 saturated carbocycles. The molecule has 0 amide bonds. The summed E-state index contributed by atoms with van der Waals surface area (Å²) < 4.78 is 24.2. The number of hydroxylamine groups is 2. The van der Waals surface area contributed by atoms with Crippen molar-refractivity contribution in [3.05, 3.63) is 95.8 Å². The zero-order chi connectivity index (χ0) is 35.6. The Kier molecular flexibility index (Phi) is 13.3. The van der Waals surface area contributed by atoms with Gasteiger partial charge in [0.25, 0.3) is 0 Å². The summed E-state index contributed by atoms with van der Waals surface area (Å²) in [5, 5.41) is 4.57. The molecule has 9 nitrogen and oxygen atoms in total. The molecule has 4 aromatic rings. The van der Waals surface area contributed by atoms with Gasteiger partial charge in [-0.1, -0.05) is 79.9 Å². The Bertz CT molecular complexity index is 1660. The van der Waals surface area contributed by atoms with E-state index in [0.717, 1.165) is 51.9 Å². The second-order valence-electron chi connectivity index (χ2n) is 14.9. The minimum Gasteiger partial charge on any atom is -0.467 e. The molecule has 50 heavy (non-hydrogen) atoms. The van der Waals surface area contributed by atoms with Crippen LogP contribution in [0, 0.1) is 0 Å². The van der Waals surface area contributed by atoms with Crippen LogP contribution >= 0.6 is 11.8 Å². The molecule has 11 heteroatoms. The molecule has 2 unspecified atom stereocenters. The Morgan fingerprint density at radius 3 is 2.48 bits per heavy atom. The highest BCUT2D eigenvalue weighted by Gasteiger charge is 2.34. The quantitative estimate of drug-likeness (QED) is 0.0297. The molecule has 0 N–H and O–H groups in total. The van der Waals surface area contributed by atoms with Crippen molar-refractivity contribution in [2.24, 2.45) is 0 Å². The summed E-state index contributed by atoms with van der Waals surface area (Å²) in [6, 6.07) is 24.1. The second-order valence-corrected chi connectivity index (χ2v) is 21.5. The zero-order valence-corrected chi connectivity index (χ0v) is 32.0. The Balaban J connectivity index is 1.27. The number of nitrogens with zero attached hydrogens (tertiary/aromatic N) is 3. The number of aryl methyl sites for hydroxylation is 1. The van der Waals surface area contributed by atoms with Crippen molar-refractivity contribution in [2.45, 2.75) is 88.7 Å². The first-order chi connectivity index (χ1) is 23.9. The minimum atomic E-state index is -1.18. The second kappa shape index (κ2) is 17.6. The van der Waals surface area contributed by atoms with Gasteiger partial charge in [-0.2, -0.15) is 0 Å². The van der Waals surface area contributed by atoms with E-state index in [4.69, 9.17) is 23.8 Å². The van der Waals surface area contributed by atoms with Gasteiger partial charge < -0.3 is 23.8 Å². The fourth-order valence-electron chi connectivity index (χ4n) is 5.73. The maximum atomic E-state index is 12.6. The van der Waals surface area contributed by atoms with Crippen LogP contribution in [0.4, 0.5) is 4.79 Å². The Morgan fingerprint density at radius 2 is 1.74 bits per heavy atom. The predicted octanol–water partition coefficient (Wildman–Crippen LogP) is 8.90. The van der Waals surface area contributed by atoms with Crippen LogP contribution in [-0.4, -0.2) is 73.2 Å². The van der Waals surface area contributed by atoms with Gasteiger partial charge in [-0.25, -0.2) is 14.8 Å². The van der Waals surface area contributed by atoms with Gasteiger partial charge in [0.2, 0.25) is 0 Å². The number of hydrogen-bond acceptors (Lipinski definition) is 10. The Hall–Kier alpha value is -3.48. The van der Waals surface area contributed by atoms with Crippen molar-refractivity contribution in [1.29, 1.82) is 0 Å². The number of benzene rings is 3. The van der Waals surface area contributed by atoms with Crippen molar-refractivity contribution in [3.8, 4) is 5.75 Å². The van der Waals surface area contributed by atoms with E-state index in [1.807, 2.05) is 45.0 Å². The highest BCUT2D eigenvalue weighted by Crippen LogP contribution is 2.33. The number of fused-ring (bicyclic) bond motifs is 1. The smallest absolute Gasteiger partial charge is 0.467 e. The van der Waals surface area contributed by atoms with E-state index < -0.39 is 19.8 Å². The number of carbonyl (C=O) groups excluding carboxylic acids is 1. The molecule has 0 aliphatic carbocycles. The molecular formula is C39H51N3O6SSi.